The van der Waals surface area contributed by atoms with Crippen molar-refractivity contribution in [2.24, 2.45) is 5.92 Å². The third-order valence-electron chi connectivity index (χ3n) is 5.41. The topological polar surface area (TPSA) is 76.6 Å². The van der Waals surface area contributed by atoms with Crippen molar-refractivity contribution in [2.75, 3.05) is 32.7 Å². The van der Waals surface area contributed by atoms with Crippen LogP contribution in [0.15, 0.2) is 23.1 Å². The Labute approximate surface area is 142 Å². The molecule has 1 amide bonds. The van der Waals surface area contributed by atoms with E-state index in [-0.39, 0.29) is 11.5 Å². The first-order chi connectivity index (χ1) is 11.5. The Morgan fingerprint density at radius 2 is 1.92 bits per heavy atom. The second-order valence-electron chi connectivity index (χ2n) is 7.42. The van der Waals surface area contributed by atoms with Gasteiger partial charge in [0.05, 0.1) is 11.2 Å². The summed E-state index contributed by atoms with van der Waals surface area (Å²) in [6.07, 6.45) is 5.43. The largest absolute Gasteiger partial charge is 0.389 e. The van der Waals surface area contributed by atoms with Crippen LogP contribution in [-0.4, -0.2) is 64.1 Å². The molecule has 2 N–H and O–H groups in total. The van der Waals surface area contributed by atoms with Crippen molar-refractivity contribution in [2.45, 2.75) is 38.2 Å². The van der Waals surface area contributed by atoms with Crippen LogP contribution < -0.4 is 5.56 Å². The number of nitrogens with zero attached hydrogens (tertiary/aromatic N) is 2. The molecule has 24 heavy (non-hydrogen) atoms. The van der Waals surface area contributed by atoms with Gasteiger partial charge >= 0.3 is 0 Å². The summed E-state index contributed by atoms with van der Waals surface area (Å²) in [7, 11) is 0. The lowest BCUT2D eigenvalue weighted by Gasteiger charge is -2.42. The molecule has 1 saturated heterocycles. The lowest BCUT2D eigenvalue weighted by molar-refractivity contribution is -0.0418. The molecule has 3 rings (SSSR count). The zero-order valence-corrected chi connectivity index (χ0v) is 14.3. The number of aromatic amines is 1. The molecule has 132 valence electrons. The quantitative estimate of drug-likeness (QED) is 0.868. The number of carbonyl (C=O) groups excluding carboxylic acids is 1. The summed E-state index contributed by atoms with van der Waals surface area (Å²) >= 11 is 0. The Morgan fingerprint density at radius 3 is 2.50 bits per heavy atom. The van der Waals surface area contributed by atoms with Crippen molar-refractivity contribution in [1.29, 1.82) is 0 Å². The molecule has 0 atom stereocenters. The summed E-state index contributed by atoms with van der Waals surface area (Å²) in [6, 6.07) is 2.95. The number of β-amino-alcohol motifs (C(OH)–C–C–N with tert-alkyl or cyclic N) is 1. The Hall–Kier alpha value is -1.66. The first-order valence-electron chi connectivity index (χ1n) is 8.88. The molecule has 2 heterocycles. The van der Waals surface area contributed by atoms with Crippen LogP contribution in [0, 0.1) is 5.92 Å². The van der Waals surface area contributed by atoms with Crippen molar-refractivity contribution in [3.8, 4) is 0 Å². The summed E-state index contributed by atoms with van der Waals surface area (Å²) in [5.74, 6) is 0.674. The summed E-state index contributed by atoms with van der Waals surface area (Å²) in [6.45, 7) is 5.84. The van der Waals surface area contributed by atoms with E-state index in [2.05, 4.69) is 16.8 Å². The van der Waals surface area contributed by atoms with E-state index < -0.39 is 5.60 Å². The molecule has 1 aromatic heterocycles. The molecule has 1 aromatic rings. The molecule has 1 aliphatic carbocycles. The predicted molar refractivity (Wildman–Crippen MR) is 92.0 cm³/mol. The number of aromatic nitrogens is 1. The standard InChI is InChI=1S/C18H27N3O3/c1-14-4-6-18(24,7-5-14)13-20-8-10-21(11-9-20)17(23)15-2-3-16(22)19-12-15/h2-3,12,14,24H,4-11,13H2,1H3,(H,19,22). The predicted octanol–water partition coefficient (Wildman–Crippen LogP) is 1.07. The normalized spacial score (nSPS) is 28.8. The summed E-state index contributed by atoms with van der Waals surface area (Å²) in [5, 5.41) is 10.8. The van der Waals surface area contributed by atoms with Crippen LogP contribution in [0.25, 0.3) is 0 Å². The average molecular weight is 333 g/mol. The molecule has 0 aromatic carbocycles. The fourth-order valence-electron chi connectivity index (χ4n) is 3.71. The van der Waals surface area contributed by atoms with E-state index in [4.69, 9.17) is 0 Å². The number of pyridine rings is 1. The van der Waals surface area contributed by atoms with Crippen LogP contribution in [0.1, 0.15) is 43.0 Å². The molecule has 0 radical (unpaired) electrons. The smallest absolute Gasteiger partial charge is 0.255 e. The number of piperazine rings is 1. The number of hydrogen-bond donors (Lipinski definition) is 2. The van der Waals surface area contributed by atoms with Gasteiger partial charge in [-0.05, 0) is 37.7 Å². The number of hydrogen-bond acceptors (Lipinski definition) is 4. The van der Waals surface area contributed by atoms with E-state index in [0.29, 0.717) is 25.2 Å². The third kappa shape index (κ3) is 4.05. The maximum absolute atomic E-state index is 12.4. The summed E-state index contributed by atoms with van der Waals surface area (Å²) < 4.78 is 0. The first-order valence-corrected chi connectivity index (χ1v) is 8.88. The molecule has 2 fully saturated rings. The van der Waals surface area contributed by atoms with Crippen molar-refractivity contribution >= 4 is 5.91 Å². The van der Waals surface area contributed by atoms with Crippen molar-refractivity contribution in [1.82, 2.24) is 14.8 Å². The van der Waals surface area contributed by atoms with Gasteiger partial charge < -0.3 is 15.0 Å². The minimum Gasteiger partial charge on any atom is -0.389 e. The molecule has 1 aliphatic heterocycles. The minimum absolute atomic E-state index is 0.0453. The van der Waals surface area contributed by atoms with Crippen LogP contribution in [0.2, 0.25) is 0 Å². The molecule has 6 nitrogen and oxygen atoms in total. The van der Waals surface area contributed by atoms with Gasteiger partial charge in [-0.2, -0.15) is 0 Å². The zero-order valence-electron chi connectivity index (χ0n) is 14.3. The molecule has 2 aliphatic rings. The SMILES string of the molecule is CC1CCC(O)(CN2CCN(C(=O)c3ccc(=O)[nH]c3)CC2)CC1. The van der Waals surface area contributed by atoms with E-state index in [1.54, 1.807) is 6.07 Å². The fraction of sp³-hybridized carbons (Fsp3) is 0.667. The highest BCUT2D eigenvalue weighted by molar-refractivity contribution is 5.93. The van der Waals surface area contributed by atoms with Crippen molar-refractivity contribution in [3.05, 3.63) is 34.2 Å². The van der Waals surface area contributed by atoms with E-state index >= 15 is 0 Å². The van der Waals surface area contributed by atoms with Crippen LogP contribution >= 0.6 is 0 Å². The Morgan fingerprint density at radius 1 is 1.25 bits per heavy atom. The van der Waals surface area contributed by atoms with Gasteiger partial charge in [0.25, 0.3) is 5.91 Å². The minimum atomic E-state index is -0.558. The highest BCUT2D eigenvalue weighted by Gasteiger charge is 2.34. The number of aliphatic hydroxyl groups is 1. The molecular formula is C18H27N3O3. The van der Waals surface area contributed by atoms with Gasteiger partial charge in [0.2, 0.25) is 5.56 Å². The second kappa shape index (κ2) is 7.07. The van der Waals surface area contributed by atoms with Crippen LogP contribution in [0.5, 0.6) is 0 Å². The van der Waals surface area contributed by atoms with Gasteiger partial charge in [0, 0.05) is 45.0 Å². The van der Waals surface area contributed by atoms with Crippen molar-refractivity contribution in [3.63, 3.8) is 0 Å². The van der Waals surface area contributed by atoms with E-state index in [1.165, 1.54) is 12.3 Å². The molecule has 0 bridgehead atoms. The molecule has 0 unspecified atom stereocenters. The fourth-order valence-corrected chi connectivity index (χ4v) is 3.71. The zero-order chi connectivity index (χ0) is 17.2. The van der Waals surface area contributed by atoms with Crippen LogP contribution in [0.3, 0.4) is 0 Å². The maximum atomic E-state index is 12.4. The number of amides is 1. The molecule has 0 spiro atoms. The Bertz CT molecular complexity index is 606. The van der Waals surface area contributed by atoms with E-state index in [1.807, 2.05) is 4.90 Å². The lowest BCUT2D eigenvalue weighted by Crippen LogP contribution is -2.53. The van der Waals surface area contributed by atoms with Crippen LogP contribution in [0.4, 0.5) is 0 Å². The monoisotopic (exact) mass is 333 g/mol. The first kappa shape index (κ1) is 17.2. The van der Waals surface area contributed by atoms with Crippen molar-refractivity contribution < 1.29 is 9.90 Å². The second-order valence-corrected chi connectivity index (χ2v) is 7.42. The van der Waals surface area contributed by atoms with Gasteiger partial charge in [0.1, 0.15) is 0 Å². The summed E-state index contributed by atoms with van der Waals surface area (Å²) in [4.78, 5) is 30.2. The summed E-state index contributed by atoms with van der Waals surface area (Å²) in [5.41, 5.74) is -0.244. The molecule has 1 saturated carbocycles. The van der Waals surface area contributed by atoms with E-state index in [0.717, 1.165) is 44.7 Å². The number of carbonyl (C=O) groups is 1. The molecular weight excluding hydrogens is 306 g/mol. The average Bonchev–Trinajstić information content (AvgIpc) is 2.59. The highest BCUT2D eigenvalue weighted by Crippen LogP contribution is 2.32. The van der Waals surface area contributed by atoms with Gasteiger partial charge in [-0.1, -0.05) is 6.92 Å². The van der Waals surface area contributed by atoms with E-state index in [9.17, 15) is 14.7 Å². The lowest BCUT2D eigenvalue weighted by atomic mass is 9.79. The number of rotatable bonds is 3. The number of H-pyrrole nitrogens is 1. The molecule has 6 heteroatoms. The Kier molecular flexibility index (Phi) is 5.06. The van der Waals surface area contributed by atoms with Gasteiger partial charge in [-0.3, -0.25) is 14.5 Å². The highest BCUT2D eigenvalue weighted by atomic mass is 16.3. The maximum Gasteiger partial charge on any atom is 0.255 e. The number of nitrogens with one attached hydrogen (secondary N) is 1. The van der Waals surface area contributed by atoms with Gasteiger partial charge in [-0.15, -0.1) is 0 Å². The third-order valence-corrected chi connectivity index (χ3v) is 5.41. The van der Waals surface area contributed by atoms with Crippen LogP contribution in [-0.2, 0) is 0 Å². The van der Waals surface area contributed by atoms with Gasteiger partial charge in [0.15, 0.2) is 0 Å². The Balaban J connectivity index is 1.51. The van der Waals surface area contributed by atoms with Gasteiger partial charge in [-0.25, -0.2) is 0 Å².